The Kier molecular flexibility index (Phi) is 3.00. The van der Waals surface area contributed by atoms with E-state index >= 15 is 0 Å². The first-order valence-corrected chi connectivity index (χ1v) is 5.03. The van der Waals surface area contributed by atoms with Crippen molar-refractivity contribution in [3.63, 3.8) is 0 Å². The Labute approximate surface area is 93.3 Å². The van der Waals surface area contributed by atoms with Crippen molar-refractivity contribution in [3.05, 3.63) is 17.9 Å². The molecular formula is C10H14N4O2. The van der Waals surface area contributed by atoms with Gasteiger partial charge in [0.2, 0.25) is 5.82 Å². The second-order valence-corrected chi connectivity index (χ2v) is 3.49. The SMILES string of the molecule is COCCn1cnnc1-c1oc(C)nc1C. The molecule has 16 heavy (non-hydrogen) atoms. The van der Waals surface area contributed by atoms with Gasteiger partial charge >= 0.3 is 0 Å². The van der Waals surface area contributed by atoms with Crippen molar-refractivity contribution in [1.29, 1.82) is 0 Å². The average Bonchev–Trinajstić information content (AvgIpc) is 2.81. The van der Waals surface area contributed by atoms with E-state index in [0.717, 1.165) is 5.69 Å². The van der Waals surface area contributed by atoms with Gasteiger partial charge in [0.15, 0.2) is 11.7 Å². The zero-order chi connectivity index (χ0) is 11.5. The molecular weight excluding hydrogens is 208 g/mol. The minimum Gasteiger partial charge on any atom is -0.437 e. The van der Waals surface area contributed by atoms with Crippen LogP contribution in [-0.4, -0.2) is 33.5 Å². The fourth-order valence-electron chi connectivity index (χ4n) is 1.52. The van der Waals surface area contributed by atoms with Crippen molar-refractivity contribution in [3.8, 4) is 11.6 Å². The number of oxazole rings is 1. The zero-order valence-electron chi connectivity index (χ0n) is 9.60. The maximum absolute atomic E-state index is 5.50. The van der Waals surface area contributed by atoms with Gasteiger partial charge in [-0.05, 0) is 6.92 Å². The molecule has 0 aliphatic carbocycles. The fourth-order valence-corrected chi connectivity index (χ4v) is 1.52. The van der Waals surface area contributed by atoms with Gasteiger partial charge in [-0.1, -0.05) is 0 Å². The van der Waals surface area contributed by atoms with E-state index in [4.69, 9.17) is 9.15 Å². The molecule has 2 heterocycles. The predicted molar refractivity (Wildman–Crippen MR) is 56.9 cm³/mol. The molecule has 0 amide bonds. The van der Waals surface area contributed by atoms with E-state index in [1.807, 2.05) is 18.4 Å². The summed E-state index contributed by atoms with van der Waals surface area (Å²) in [5.74, 6) is 2.00. The van der Waals surface area contributed by atoms with Crippen LogP contribution in [-0.2, 0) is 11.3 Å². The number of hydrogen-bond donors (Lipinski definition) is 0. The molecule has 2 rings (SSSR count). The number of ether oxygens (including phenoxy) is 1. The monoisotopic (exact) mass is 222 g/mol. The first-order valence-electron chi connectivity index (χ1n) is 5.03. The molecule has 0 spiro atoms. The quantitative estimate of drug-likeness (QED) is 0.777. The third kappa shape index (κ3) is 1.96. The topological polar surface area (TPSA) is 66.0 Å². The molecule has 0 atom stereocenters. The maximum atomic E-state index is 5.50. The summed E-state index contributed by atoms with van der Waals surface area (Å²) in [7, 11) is 1.66. The van der Waals surface area contributed by atoms with Crippen LogP contribution in [0.5, 0.6) is 0 Å². The van der Waals surface area contributed by atoms with E-state index in [9.17, 15) is 0 Å². The van der Waals surface area contributed by atoms with Crippen molar-refractivity contribution in [2.75, 3.05) is 13.7 Å². The molecule has 0 aromatic carbocycles. The molecule has 0 fully saturated rings. The van der Waals surface area contributed by atoms with Crippen LogP contribution in [0.3, 0.4) is 0 Å². The van der Waals surface area contributed by atoms with Crippen LogP contribution in [0, 0.1) is 13.8 Å². The normalized spacial score (nSPS) is 10.9. The first-order chi connectivity index (χ1) is 7.72. The summed E-state index contributed by atoms with van der Waals surface area (Å²) >= 11 is 0. The van der Waals surface area contributed by atoms with E-state index in [0.29, 0.717) is 30.6 Å². The number of rotatable bonds is 4. The van der Waals surface area contributed by atoms with Crippen LogP contribution < -0.4 is 0 Å². The van der Waals surface area contributed by atoms with Crippen LogP contribution in [0.1, 0.15) is 11.6 Å². The lowest BCUT2D eigenvalue weighted by molar-refractivity contribution is 0.187. The third-order valence-corrected chi connectivity index (χ3v) is 2.26. The Morgan fingerprint density at radius 2 is 2.25 bits per heavy atom. The van der Waals surface area contributed by atoms with Gasteiger partial charge in [-0.3, -0.25) is 0 Å². The smallest absolute Gasteiger partial charge is 0.201 e. The number of aryl methyl sites for hydroxylation is 2. The Morgan fingerprint density at radius 1 is 1.44 bits per heavy atom. The lowest BCUT2D eigenvalue weighted by Gasteiger charge is -2.03. The van der Waals surface area contributed by atoms with Crippen molar-refractivity contribution in [2.24, 2.45) is 0 Å². The summed E-state index contributed by atoms with van der Waals surface area (Å²) in [6, 6.07) is 0. The standard InChI is InChI=1S/C10H14N4O2/c1-7-9(16-8(2)12-7)10-13-11-6-14(10)4-5-15-3/h6H,4-5H2,1-3H3. The lowest BCUT2D eigenvalue weighted by atomic mass is 10.3. The highest BCUT2D eigenvalue weighted by Gasteiger charge is 2.15. The maximum Gasteiger partial charge on any atom is 0.201 e. The minimum atomic E-state index is 0.608. The van der Waals surface area contributed by atoms with Gasteiger partial charge in [0.05, 0.1) is 12.3 Å². The van der Waals surface area contributed by atoms with Gasteiger partial charge in [-0.25, -0.2) is 4.98 Å². The summed E-state index contributed by atoms with van der Waals surface area (Å²) in [5.41, 5.74) is 0.823. The van der Waals surface area contributed by atoms with E-state index in [1.165, 1.54) is 0 Å². The summed E-state index contributed by atoms with van der Waals surface area (Å²) < 4.78 is 12.4. The lowest BCUT2D eigenvalue weighted by Crippen LogP contribution is -2.05. The second-order valence-electron chi connectivity index (χ2n) is 3.49. The predicted octanol–water partition coefficient (Wildman–Crippen LogP) is 1.20. The number of hydrogen-bond acceptors (Lipinski definition) is 5. The molecule has 2 aromatic rings. The highest BCUT2D eigenvalue weighted by Crippen LogP contribution is 2.21. The van der Waals surface area contributed by atoms with Gasteiger partial charge in [0.25, 0.3) is 0 Å². The molecule has 6 heteroatoms. The Hall–Kier alpha value is -1.69. The van der Waals surface area contributed by atoms with Gasteiger partial charge < -0.3 is 13.7 Å². The Balaban J connectivity index is 2.33. The molecule has 2 aromatic heterocycles. The average molecular weight is 222 g/mol. The van der Waals surface area contributed by atoms with Crippen molar-refractivity contribution >= 4 is 0 Å². The molecule has 86 valence electrons. The summed E-state index contributed by atoms with van der Waals surface area (Å²) in [6.45, 7) is 5.00. The van der Waals surface area contributed by atoms with E-state index < -0.39 is 0 Å². The summed E-state index contributed by atoms with van der Waals surface area (Å²) in [6.07, 6.45) is 1.66. The highest BCUT2D eigenvalue weighted by molar-refractivity contribution is 5.49. The molecule has 0 N–H and O–H groups in total. The summed E-state index contributed by atoms with van der Waals surface area (Å²) in [4.78, 5) is 4.21. The molecule has 0 aliphatic rings. The molecule has 0 aliphatic heterocycles. The first kappa shape index (κ1) is 10.8. The second kappa shape index (κ2) is 4.44. The van der Waals surface area contributed by atoms with E-state index in [-0.39, 0.29) is 0 Å². The van der Waals surface area contributed by atoms with Crippen LogP contribution in [0.4, 0.5) is 0 Å². The zero-order valence-corrected chi connectivity index (χ0v) is 9.60. The molecule has 0 unspecified atom stereocenters. The van der Waals surface area contributed by atoms with Crippen LogP contribution in [0.15, 0.2) is 10.7 Å². The number of methoxy groups -OCH3 is 1. The largest absolute Gasteiger partial charge is 0.437 e. The van der Waals surface area contributed by atoms with Crippen LogP contribution >= 0.6 is 0 Å². The fraction of sp³-hybridized carbons (Fsp3) is 0.500. The third-order valence-electron chi connectivity index (χ3n) is 2.26. The molecule has 0 radical (unpaired) electrons. The molecule has 6 nitrogen and oxygen atoms in total. The van der Waals surface area contributed by atoms with Gasteiger partial charge in [-0.15, -0.1) is 10.2 Å². The number of aromatic nitrogens is 4. The van der Waals surface area contributed by atoms with Gasteiger partial charge in [0, 0.05) is 20.6 Å². The molecule has 0 saturated carbocycles. The summed E-state index contributed by atoms with van der Waals surface area (Å²) in [5, 5.41) is 7.91. The van der Waals surface area contributed by atoms with E-state index in [2.05, 4.69) is 15.2 Å². The van der Waals surface area contributed by atoms with E-state index in [1.54, 1.807) is 13.4 Å². The minimum absolute atomic E-state index is 0.608. The highest BCUT2D eigenvalue weighted by atomic mass is 16.5. The van der Waals surface area contributed by atoms with Crippen LogP contribution in [0.2, 0.25) is 0 Å². The molecule has 0 bridgehead atoms. The van der Waals surface area contributed by atoms with Crippen LogP contribution in [0.25, 0.3) is 11.6 Å². The van der Waals surface area contributed by atoms with Gasteiger partial charge in [0.1, 0.15) is 6.33 Å². The molecule has 0 saturated heterocycles. The van der Waals surface area contributed by atoms with Crippen molar-refractivity contribution in [2.45, 2.75) is 20.4 Å². The number of nitrogens with zero attached hydrogens (tertiary/aromatic N) is 4. The Morgan fingerprint density at radius 3 is 2.88 bits per heavy atom. The van der Waals surface area contributed by atoms with Crippen molar-refractivity contribution < 1.29 is 9.15 Å². The Bertz CT molecular complexity index is 475. The van der Waals surface area contributed by atoms with Crippen molar-refractivity contribution in [1.82, 2.24) is 19.7 Å². The van der Waals surface area contributed by atoms with Gasteiger partial charge in [-0.2, -0.15) is 0 Å².